The van der Waals surface area contributed by atoms with E-state index in [-0.39, 0.29) is 11.9 Å². The molecule has 2 rings (SSSR count). The maximum absolute atomic E-state index is 14.0. The third kappa shape index (κ3) is 2.85. The van der Waals surface area contributed by atoms with E-state index in [0.717, 1.165) is 13.8 Å². The van der Waals surface area contributed by atoms with E-state index in [2.05, 4.69) is 43.2 Å². The lowest BCUT2D eigenvalue weighted by Gasteiger charge is -2.17. The van der Waals surface area contributed by atoms with E-state index >= 15 is 0 Å². The van der Waals surface area contributed by atoms with Crippen molar-refractivity contribution in [3.05, 3.63) is 54.3 Å². The molecule has 96 valence electrons. The molecule has 0 aliphatic heterocycles. The minimum Gasteiger partial charge on any atom is -0.309 e. The highest BCUT2D eigenvalue weighted by atomic mass is 79.9. The lowest BCUT2D eigenvalue weighted by Crippen LogP contribution is -2.18. The highest BCUT2D eigenvalue weighted by Crippen LogP contribution is 2.36. The van der Waals surface area contributed by atoms with Crippen molar-refractivity contribution in [3.63, 3.8) is 0 Å². The van der Waals surface area contributed by atoms with E-state index in [1.54, 1.807) is 11.3 Å². The molecular weight excluding hydrogens is 381 g/mol. The second-order valence-electron chi connectivity index (χ2n) is 3.96. The molecule has 0 saturated heterocycles. The third-order valence-corrected chi connectivity index (χ3v) is 5.19. The van der Waals surface area contributed by atoms with Gasteiger partial charge in [0.25, 0.3) is 0 Å². The first-order valence-corrected chi connectivity index (χ1v) is 7.81. The summed E-state index contributed by atoms with van der Waals surface area (Å²) in [5.74, 6) is -0.207. The highest BCUT2D eigenvalue weighted by molar-refractivity contribution is 9.10. The zero-order valence-corrected chi connectivity index (χ0v) is 13.9. The molecule has 1 atom stereocenters. The van der Waals surface area contributed by atoms with Crippen molar-refractivity contribution in [3.8, 4) is 0 Å². The second kappa shape index (κ2) is 5.82. The number of hydrogen-bond donors (Lipinski definition) is 1. The largest absolute Gasteiger partial charge is 0.309 e. The molecular formula is C13H12Br2FNS. The molecule has 0 amide bonds. The average molecular weight is 393 g/mol. The fraction of sp³-hybridized carbons (Fsp3) is 0.231. The second-order valence-corrected chi connectivity index (χ2v) is 7.01. The Kier molecular flexibility index (Phi) is 4.59. The van der Waals surface area contributed by atoms with Crippen molar-refractivity contribution in [1.82, 2.24) is 5.32 Å². The van der Waals surface area contributed by atoms with Crippen LogP contribution in [-0.2, 0) is 0 Å². The summed E-state index contributed by atoms with van der Waals surface area (Å²) in [6.07, 6.45) is 0. The van der Waals surface area contributed by atoms with Crippen molar-refractivity contribution in [2.24, 2.45) is 0 Å². The fourth-order valence-electron chi connectivity index (χ4n) is 1.86. The Morgan fingerprint density at radius 3 is 2.50 bits per heavy atom. The lowest BCUT2D eigenvalue weighted by molar-refractivity contribution is 0.578. The van der Waals surface area contributed by atoms with Crippen LogP contribution < -0.4 is 5.32 Å². The van der Waals surface area contributed by atoms with Crippen LogP contribution in [0, 0.1) is 12.7 Å². The number of rotatable bonds is 3. The van der Waals surface area contributed by atoms with Crippen molar-refractivity contribution in [1.29, 1.82) is 0 Å². The summed E-state index contributed by atoms with van der Waals surface area (Å²) in [5.41, 5.74) is 0.656. The van der Waals surface area contributed by atoms with E-state index in [1.165, 1.54) is 10.9 Å². The van der Waals surface area contributed by atoms with Gasteiger partial charge in [-0.05, 0) is 48.1 Å². The molecule has 1 aromatic heterocycles. The molecule has 0 saturated carbocycles. The quantitative estimate of drug-likeness (QED) is 0.772. The molecule has 1 nitrogen and oxygen atoms in total. The molecule has 0 fully saturated rings. The molecule has 0 aliphatic rings. The third-order valence-electron chi connectivity index (χ3n) is 2.66. The first kappa shape index (κ1) is 14.2. The van der Waals surface area contributed by atoms with E-state index in [9.17, 15) is 4.39 Å². The minimum atomic E-state index is -0.207. The maximum Gasteiger partial charge on any atom is 0.129 e. The van der Waals surface area contributed by atoms with E-state index in [0.29, 0.717) is 5.56 Å². The van der Waals surface area contributed by atoms with Crippen LogP contribution in [-0.4, -0.2) is 7.05 Å². The molecule has 18 heavy (non-hydrogen) atoms. The average Bonchev–Trinajstić information content (AvgIpc) is 2.62. The fourth-order valence-corrected chi connectivity index (χ4v) is 4.20. The molecule has 0 aliphatic carbocycles. The van der Waals surface area contributed by atoms with E-state index in [4.69, 9.17) is 0 Å². The normalized spacial score (nSPS) is 12.7. The number of aryl methyl sites for hydroxylation is 1. The van der Waals surface area contributed by atoms with Crippen LogP contribution in [0.5, 0.6) is 0 Å². The Labute approximate surface area is 127 Å². The van der Waals surface area contributed by atoms with Gasteiger partial charge in [-0.2, -0.15) is 0 Å². The molecule has 5 heteroatoms. The van der Waals surface area contributed by atoms with Gasteiger partial charge in [-0.15, -0.1) is 11.3 Å². The van der Waals surface area contributed by atoms with Gasteiger partial charge in [0.1, 0.15) is 5.82 Å². The van der Waals surface area contributed by atoms with Gasteiger partial charge in [-0.25, -0.2) is 4.39 Å². The van der Waals surface area contributed by atoms with Crippen molar-refractivity contribution < 1.29 is 4.39 Å². The Morgan fingerprint density at radius 1 is 1.28 bits per heavy atom. The number of benzene rings is 1. The van der Waals surface area contributed by atoms with Crippen molar-refractivity contribution >= 4 is 43.2 Å². The predicted molar refractivity (Wildman–Crippen MR) is 81.8 cm³/mol. The van der Waals surface area contributed by atoms with Crippen LogP contribution >= 0.6 is 43.2 Å². The van der Waals surface area contributed by atoms with E-state index in [1.807, 2.05) is 26.1 Å². The van der Waals surface area contributed by atoms with Gasteiger partial charge in [0.15, 0.2) is 0 Å². The summed E-state index contributed by atoms with van der Waals surface area (Å²) in [7, 11) is 1.84. The number of halogens is 3. The number of thiophene rings is 1. The van der Waals surface area contributed by atoms with Crippen LogP contribution in [0.15, 0.2) is 33.2 Å². The van der Waals surface area contributed by atoms with Gasteiger partial charge < -0.3 is 5.32 Å². The van der Waals surface area contributed by atoms with Gasteiger partial charge in [0.2, 0.25) is 0 Å². The van der Waals surface area contributed by atoms with Gasteiger partial charge in [-0.1, -0.05) is 22.0 Å². The summed E-state index contributed by atoms with van der Waals surface area (Å²) in [4.78, 5) is 2.30. The predicted octanol–water partition coefficient (Wildman–Crippen LogP) is 5.03. The molecule has 1 unspecified atom stereocenters. The minimum absolute atomic E-state index is 0.133. The Balaban J connectivity index is 2.48. The summed E-state index contributed by atoms with van der Waals surface area (Å²) in [6.45, 7) is 2.05. The lowest BCUT2D eigenvalue weighted by atomic mass is 10.1. The van der Waals surface area contributed by atoms with Crippen LogP contribution in [0.25, 0.3) is 0 Å². The molecule has 0 radical (unpaired) electrons. The van der Waals surface area contributed by atoms with Crippen molar-refractivity contribution in [2.75, 3.05) is 7.05 Å². The summed E-state index contributed by atoms with van der Waals surface area (Å²) in [5, 5.41) is 3.17. The Hall–Kier alpha value is -0.230. The monoisotopic (exact) mass is 391 g/mol. The summed E-state index contributed by atoms with van der Waals surface area (Å²) >= 11 is 8.48. The molecule has 1 aromatic carbocycles. The number of hydrogen-bond acceptors (Lipinski definition) is 2. The van der Waals surface area contributed by atoms with Crippen molar-refractivity contribution in [2.45, 2.75) is 13.0 Å². The summed E-state index contributed by atoms with van der Waals surface area (Å²) in [6, 6.07) is 7.08. The van der Waals surface area contributed by atoms with Gasteiger partial charge in [-0.3, -0.25) is 0 Å². The standard InChI is InChI=1S/C13H12Br2FNS/c1-7-5-10(15)13(18-7)12(17-2)9-4-3-8(14)6-11(9)16/h3-6,12,17H,1-2H3. The molecule has 2 aromatic rings. The van der Waals surface area contributed by atoms with Crippen LogP contribution in [0.4, 0.5) is 4.39 Å². The molecule has 1 heterocycles. The SMILES string of the molecule is CNC(c1ccc(Br)cc1F)c1sc(C)cc1Br. The highest BCUT2D eigenvalue weighted by Gasteiger charge is 2.20. The molecule has 0 spiro atoms. The first-order chi connectivity index (χ1) is 8.52. The van der Waals surface area contributed by atoms with Gasteiger partial charge >= 0.3 is 0 Å². The van der Waals surface area contributed by atoms with E-state index < -0.39 is 0 Å². The van der Waals surface area contributed by atoms with Gasteiger partial charge in [0, 0.05) is 24.3 Å². The van der Waals surface area contributed by atoms with Crippen LogP contribution in [0.3, 0.4) is 0 Å². The van der Waals surface area contributed by atoms with Crippen LogP contribution in [0.2, 0.25) is 0 Å². The first-order valence-electron chi connectivity index (χ1n) is 5.41. The van der Waals surface area contributed by atoms with Crippen LogP contribution in [0.1, 0.15) is 21.4 Å². The Morgan fingerprint density at radius 2 is 2.00 bits per heavy atom. The van der Waals surface area contributed by atoms with Gasteiger partial charge in [0.05, 0.1) is 6.04 Å². The Bertz CT molecular complexity index is 568. The topological polar surface area (TPSA) is 12.0 Å². The maximum atomic E-state index is 14.0. The molecule has 1 N–H and O–H groups in total. The zero-order chi connectivity index (χ0) is 13.3. The summed E-state index contributed by atoms with van der Waals surface area (Å²) < 4.78 is 15.8. The zero-order valence-electron chi connectivity index (χ0n) is 9.93. The molecule has 0 bridgehead atoms. The smallest absolute Gasteiger partial charge is 0.129 e. The number of nitrogens with one attached hydrogen (secondary N) is 1.